The molecular formula is C25H21NO4. The van der Waals surface area contributed by atoms with E-state index >= 15 is 0 Å². The summed E-state index contributed by atoms with van der Waals surface area (Å²) in [6.07, 6.45) is 0.911. The zero-order valence-corrected chi connectivity index (χ0v) is 16.3. The Balaban J connectivity index is 1.53. The molecule has 4 aromatic rings. The highest BCUT2D eigenvalue weighted by Crippen LogP contribution is 2.37. The van der Waals surface area contributed by atoms with E-state index in [1.165, 1.54) is 23.3 Å². The molecule has 0 amide bonds. The van der Waals surface area contributed by atoms with Crippen molar-refractivity contribution in [1.82, 2.24) is 4.90 Å². The van der Waals surface area contributed by atoms with Gasteiger partial charge in [-0.25, -0.2) is 0 Å². The number of hydrogen-bond acceptors (Lipinski definition) is 5. The van der Waals surface area contributed by atoms with E-state index in [4.69, 9.17) is 4.42 Å². The van der Waals surface area contributed by atoms with Crippen molar-refractivity contribution in [3.63, 3.8) is 0 Å². The first-order valence-corrected chi connectivity index (χ1v) is 9.96. The monoisotopic (exact) mass is 399 g/mol. The number of rotatable bonds is 3. The van der Waals surface area contributed by atoms with E-state index in [0.717, 1.165) is 25.1 Å². The predicted octanol–water partition coefficient (Wildman–Crippen LogP) is 4.43. The van der Waals surface area contributed by atoms with Crippen LogP contribution in [-0.4, -0.2) is 21.7 Å². The Labute approximate surface area is 173 Å². The third-order valence-electron chi connectivity index (χ3n) is 5.72. The molecule has 0 aliphatic carbocycles. The lowest BCUT2D eigenvalue weighted by atomic mass is 9.99. The highest BCUT2D eigenvalue weighted by Gasteiger charge is 2.22. The van der Waals surface area contributed by atoms with Gasteiger partial charge in [-0.2, -0.15) is 0 Å². The summed E-state index contributed by atoms with van der Waals surface area (Å²) in [5.41, 5.74) is 3.51. The first-order valence-electron chi connectivity index (χ1n) is 9.96. The van der Waals surface area contributed by atoms with E-state index < -0.39 is 0 Å². The summed E-state index contributed by atoms with van der Waals surface area (Å²) in [5.74, 6) is 0.108. The van der Waals surface area contributed by atoms with Crippen LogP contribution in [0.4, 0.5) is 0 Å². The molecule has 5 rings (SSSR count). The van der Waals surface area contributed by atoms with Crippen molar-refractivity contribution >= 4 is 11.0 Å². The zero-order valence-electron chi connectivity index (χ0n) is 16.3. The van der Waals surface area contributed by atoms with E-state index in [2.05, 4.69) is 17.0 Å². The molecule has 0 atom stereocenters. The van der Waals surface area contributed by atoms with Crippen LogP contribution in [0.25, 0.3) is 22.3 Å². The quantitative estimate of drug-likeness (QED) is 0.533. The SMILES string of the molecule is O=c1cc(-c2ccccc2)oc2cc(O)c(CN3CCc4ccccc4C3)c(O)c12. The summed E-state index contributed by atoms with van der Waals surface area (Å²) in [6, 6.07) is 20.4. The van der Waals surface area contributed by atoms with Gasteiger partial charge in [0.2, 0.25) is 0 Å². The lowest BCUT2D eigenvalue weighted by molar-refractivity contribution is 0.239. The second kappa shape index (κ2) is 7.35. The van der Waals surface area contributed by atoms with Crippen molar-refractivity contribution < 1.29 is 14.6 Å². The van der Waals surface area contributed by atoms with E-state index in [1.807, 2.05) is 42.5 Å². The van der Waals surface area contributed by atoms with Gasteiger partial charge in [-0.3, -0.25) is 9.69 Å². The maximum Gasteiger partial charge on any atom is 0.197 e. The maximum atomic E-state index is 12.8. The lowest BCUT2D eigenvalue weighted by Crippen LogP contribution is -2.30. The van der Waals surface area contributed by atoms with Gasteiger partial charge in [0.25, 0.3) is 0 Å². The molecule has 5 nitrogen and oxygen atoms in total. The summed E-state index contributed by atoms with van der Waals surface area (Å²) in [4.78, 5) is 15.0. The van der Waals surface area contributed by atoms with Crippen LogP contribution in [0, 0.1) is 0 Å². The lowest BCUT2D eigenvalue weighted by Gasteiger charge is -2.29. The van der Waals surface area contributed by atoms with Crippen molar-refractivity contribution in [2.45, 2.75) is 19.5 Å². The summed E-state index contributed by atoms with van der Waals surface area (Å²) in [5, 5.41) is 21.6. The predicted molar refractivity (Wildman–Crippen MR) is 116 cm³/mol. The molecule has 0 bridgehead atoms. The summed E-state index contributed by atoms with van der Waals surface area (Å²) in [6.45, 7) is 1.89. The average molecular weight is 399 g/mol. The Hall–Kier alpha value is -3.57. The van der Waals surface area contributed by atoms with Crippen LogP contribution >= 0.6 is 0 Å². The van der Waals surface area contributed by atoms with Crippen LogP contribution in [0.5, 0.6) is 11.5 Å². The minimum absolute atomic E-state index is 0.0766. The van der Waals surface area contributed by atoms with Gasteiger partial charge >= 0.3 is 0 Å². The van der Waals surface area contributed by atoms with Gasteiger partial charge in [-0.05, 0) is 17.5 Å². The van der Waals surface area contributed by atoms with Crippen LogP contribution in [0.1, 0.15) is 16.7 Å². The summed E-state index contributed by atoms with van der Waals surface area (Å²) in [7, 11) is 0. The largest absolute Gasteiger partial charge is 0.507 e. The molecule has 0 spiro atoms. The van der Waals surface area contributed by atoms with Gasteiger partial charge in [-0.1, -0.05) is 54.6 Å². The second-order valence-corrected chi connectivity index (χ2v) is 7.67. The molecule has 0 saturated heterocycles. The molecular weight excluding hydrogens is 378 g/mol. The normalized spacial score (nSPS) is 14.0. The molecule has 30 heavy (non-hydrogen) atoms. The molecule has 0 radical (unpaired) electrons. The number of phenolic OH excluding ortho intramolecular Hbond substituents is 2. The van der Waals surface area contributed by atoms with Crippen molar-refractivity contribution in [3.8, 4) is 22.8 Å². The third-order valence-corrected chi connectivity index (χ3v) is 5.72. The number of phenols is 2. The molecule has 1 aromatic heterocycles. The fourth-order valence-corrected chi connectivity index (χ4v) is 4.14. The minimum Gasteiger partial charge on any atom is -0.507 e. The highest BCUT2D eigenvalue weighted by atomic mass is 16.3. The Kier molecular flexibility index (Phi) is 4.52. The molecule has 0 fully saturated rings. The Morgan fingerprint density at radius 3 is 2.47 bits per heavy atom. The van der Waals surface area contributed by atoms with Crippen LogP contribution < -0.4 is 5.43 Å². The Morgan fingerprint density at radius 2 is 1.67 bits per heavy atom. The van der Waals surface area contributed by atoms with Crippen molar-refractivity contribution in [2.75, 3.05) is 6.54 Å². The fraction of sp³-hybridized carbons (Fsp3) is 0.160. The maximum absolute atomic E-state index is 12.8. The van der Waals surface area contributed by atoms with Gasteiger partial charge in [0.05, 0.1) is 5.56 Å². The third kappa shape index (κ3) is 3.23. The minimum atomic E-state index is -0.335. The van der Waals surface area contributed by atoms with Crippen molar-refractivity contribution in [1.29, 1.82) is 0 Å². The average Bonchev–Trinajstić information content (AvgIpc) is 2.76. The molecule has 2 heterocycles. The highest BCUT2D eigenvalue weighted by molar-refractivity contribution is 5.87. The topological polar surface area (TPSA) is 73.9 Å². The van der Waals surface area contributed by atoms with Crippen molar-refractivity contribution in [2.24, 2.45) is 0 Å². The van der Waals surface area contributed by atoms with E-state index in [1.54, 1.807) is 0 Å². The van der Waals surface area contributed by atoms with Crippen LogP contribution in [-0.2, 0) is 19.5 Å². The molecule has 150 valence electrons. The summed E-state index contributed by atoms with van der Waals surface area (Å²) < 4.78 is 5.85. The summed E-state index contributed by atoms with van der Waals surface area (Å²) >= 11 is 0. The Bertz CT molecular complexity index is 1290. The smallest absolute Gasteiger partial charge is 0.197 e. The van der Waals surface area contributed by atoms with Crippen molar-refractivity contribution in [3.05, 3.63) is 93.6 Å². The Morgan fingerprint density at radius 1 is 0.933 bits per heavy atom. The number of fused-ring (bicyclic) bond motifs is 2. The number of nitrogens with zero attached hydrogens (tertiary/aromatic N) is 1. The van der Waals surface area contributed by atoms with Crippen LogP contribution in [0.2, 0.25) is 0 Å². The van der Waals surface area contributed by atoms with Gasteiger partial charge in [-0.15, -0.1) is 0 Å². The molecule has 5 heteroatoms. The molecule has 0 saturated carbocycles. The van der Waals surface area contributed by atoms with E-state index in [-0.39, 0.29) is 27.9 Å². The second-order valence-electron chi connectivity index (χ2n) is 7.67. The molecule has 0 unspecified atom stereocenters. The van der Waals surface area contributed by atoms with E-state index in [9.17, 15) is 15.0 Å². The number of hydrogen-bond donors (Lipinski definition) is 2. The van der Waals surface area contributed by atoms with E-state index in [0.29, 0.717) is 17.9 Å². The first-order chi connectivity index (χ1) is 14.6. The molecule has 3 aromatic carbocycles. The van der Waals surface area contributed by atoms with Gasteiger partial charge in [0, 0.05) is 37.3 Å². The zero-order chi connectivity index (χ0) is 20.7. The fourth-order valence-electron chi connectivity index (χ4n) is 4.14. The number of benzene rings is 3. The molecule has 1 aliphatic heterocycles. The van der Waals surface area contributed by atoms with Gasteiger partial charge < -0.3 is 14.6 Å². The molecule has 2 N–H and O–H groups in total. The number of aromatic hydroxyl groups is 2. The van der Waals surface area contributed by atoms with Gasteiger partial charge in [0.15, 0.2) is 5.43 Å². The van der Waals surface area contributed by atoms with Crippen LogP contribution in [0.15, 0.2) is 75.9 Å². The van der Waals surface area contributed by atoms with Crippen LogP contribution in [0.3, 0.4) is 0 Å². The van der Waals surface area contributed by atoms with Gasteiger partial charge in [0.1, 0.15) is 28.2 Å². The first kappa shape index (κ1) is 18.5. The molecule has 1 aliphatic rings. The standard InChI is InChI=1S/C25H21NO4/c27-20-12-23-24(21(28)13-22(30-23)17-7-2-1-3-8-17)25(29)19(20)15-26-11-10-16-6-4-5-9-18(16)14-26/h1-9,12-13,27,29H,10-11,14-15H2.